The molecule has 110 valence electrons. The molecule has 0 spiro atoms. The Morgan fingerprint density at radius 2 is 2.05 bits per heavy atom. The molecule has 1 aliphatic carbocycles. The summed E-state index contributed by atoms with van der Waals surface area (Å²) in [5.41, 5.74) is 0.434. The van der Waals surface area contributed by atoms with Crippen LogP contribution in [0.1, 0.15) is 49.4 Å². The molecule has 0 saturated heterocycles. The van der Waals surface area contributed by atoms with Gasteiger partial charge in [-0.25, -0.2) is 4.98 Å². The molecule has 20 heavy (non-hydrogen) atoms. The van der Waals surface area contributed by atoms with E-state index in [1.165, 1.54) is 32.1 Å². The SMILES string of the molecule is CCC1CCC(CNC(=O)c2cc(Br)cnc2Cl)CC1. The van der Waals surface area contributed by atoms with Crippen LogP contribution in [-0.2, 0) is 0 Å². The highest BCUT2D eigenvalue weighted by molar-refractivity contribution is 9.10. The zero-order valence-corrected chi connectivity index (χ0v) is 14.0. The average Bonchev–Trinajstić information content (AvgIpc) is 2.47. The van der Waals surface area contributed by atoms with Crippen molar-refractivity contribution in [3.63, 3.8) is 0 Å². The summed E-state index contributed by atoms with van der Waals surface area (Å²) in [5.74, 6) is 1.34. The van der Waals surface area contributed by atoms with Gasteiger partial charge in [0.1, 0.15) is 5.15 Å². The minimum Gasteiger partial charge on any atom is -0.352 e. The first-order chi connectivity index (χ1) is 9.60. The van der Waals surface area contributed by atoms with Crippen molar-refractivity contribution in [1.82, 2.24) is 10.3 Å². The predicted molar refractivity (Wildman–Crippen MR) is 85.0 cm³/mol. The van der Waals surface area contributed by atoms with E-state index in [1.54, 1.807) is 12.3 Å². The van der Waals surface area contributed by atoms with Crippen LogP contribution in [0.2, 0.25) is 5.15 Å². The Labute approximate surface area is 133 Å². The summed E-state index contributed by atoms with van der Waals surface area (Å²) < 4.78 is 0.760. The van der Waals surface area contributed by atoms with Crippen LogP contribution in [0.25, 0.3) is 0 Å². The first kappa shape index (κ1) is 15.8. The summed E-state index contributed by atoms with van der Waals surface area (Å²) in [4.78, 5) is 16.1. The van der Waals surface area contributed by atoms with Crippen LogP contribution in [0, 0.1) is 11.8 Å². The summed E-state index contributed by atoms with van der Waals surface area (Å²) in [7, 11) is 0. The maximum absolute atomic E-state index is 12.1. The van der Waals surface area contributed by atoms with Crippen molar-refractivity contribution in [1.29, 1.82) is 0 Å². The van der Waals surface area contributed by atoms with Gasteiger partial charge in [-0.2, -0.15) is 0 Å². The average molecular weight is 360 g/mol. The molecule has 5 heteroatoms. The minimum atomic E-state index is -0.138. The maximum Gasteiger partial charge on any atom is 0.254 e. The van der Waals surface area contributed by atoms with Crippen LogP contribution in [0.3, 0.4) is 0 Å². The number of carbonyl (C=O) groups excluding carboxylic acids is 1. The van der Waals surface area contributed by atoms with E-state index in [-0.39, 0.29) is 11.1 Å². The number of hydrogen-bond acceptors (Lipinski definition) is 2. The smallest absolute Gasteiger partial charge is 0.254 e. The molecule has 3 nitrogen and oxygen atoms in total. The van der Waals surface area contributed by atoms with E-state index < -0.39 is 0 Å². The van der Waals surface area contributed by atoms with E-state index in [4.69, 9.17) is 11.6 Å². The molecular weight excluding hydrogens is 340 g/mol. The van der Waals surface area contributed by atoms with E-state index in [0.29, 0.717) is 11.5 Å². The largest absolute Gasteiger partial charge is 0.352 e. The van der Waals surface area contributed by atoms with Gasteiger partial charge in [-0.1, -0.05) is 37.8 Å². The summed E-state index contributed by atoms with van der Waals surface area (Å²) in [6.07, 6.45) is 7.86. The van der Waals surface area contributed by atoms with Crippen molar-refractivity contribution >= 4 is 33.4 Å². The molecule has 0 radical (unpaired) electrons. The van der Waals surface area contributed by atoms with Crippen LogP contribution in [0.15, 0.2) is 16.7 Å². The molecule has 0 atom stereocenters. The molecule has 2 rings (SSSR count). The van der Waals surface area contributed by atoms with Gasteiger partial charge in [0, 0.05) is 17.2 Å². The standard InChI is InChI=1S/C15H20BrClN2O/c1-2-10-3-5-11(6-4-10)8-19-15(20)13-7-12(16)9-18-14(13)17/h7,9-11H,2-6,8H2,1H3,(H,19,20). The Kier molecular flexibility index (Phi) is 5.85. The number of halogens is 2. The zero-order chi connectivity index (χ0) is 14.5. The molecule has 1 N–H and O–H groups in total. The number of nitrogens with one attached hydrogen (secondary N) is 1. The summed E-state index contributed by atoms with van der Waals surface area (Å²) in [6, 6.07) is 1.71. The lowest BCUT2D eigenvalue weighted by atomic mass is 9.81. The third-order valence-electron chi connectivity index (χ3n) is 4.15. The van der Waals surface area contributed by atoms with Gasteiger partial charge in [0.15, 0.2) is 0 Å². The third kappa shape index (κ3) is 4.19. The van der Waals surface area contributed by atoms with Gasteiger partial charge in [-0.05, 0) is 46.7 Å². The van der Waals surface area contributed by atoms with Gasteiger partial charge >= 0.3 is 0 Å². The fourth-order valence-electron chi connectivity index (χ4n) is 2.76. The molecule has 0 aromatic carbocycles. The molecule has 0 aliphatic heterocycles. The lowest BCUT2D eigenvalue weighted by molar-refractivity contribution is 0.0941. The van der Waals surface area contributed by atoms with Gasteiger partial charge in [-0.15, -0.1) is 0 Å². The number of hydrogen-bond donors (Lipinski definition) is 1. The number of nitrogens with zero attached hydrogens (tertiary/aromatic N) is 1. The first-order valence-electron chi connectivity index (χ1n) is 7.19. The van der Waals surface area contributed by atoms with Crippen molar-refractivity contribution < 1.29 is 4.79 Å². The highest BCUT2D eigenvalue weighted by atomic mass is 79.9. The Bertz CT molecular complexity index is 473. The minimum absolute atomic E-state index is 0.138. The lowest BCUT2D eigenvalue weighted by Gasteiger charge is -2.27. The molecule has 0 bridgehead atoms. The Hall–Kier alpha value is -0.610. The molecule has 0 unspecified atom stereocenters. The van der Waals surface area contributed by atoms with Gasteiger partial charge in [0.25, 0.3) is 5.91 Å². The monoisotopic (exact) mass is 358 g/mol. The van der Waals surface area contributed by atoms with E-state index in [9.17, 15) is 4.79 Å². The normalized spacial score (nSPS) is 22.6. The number of rotatable bonds is 4. The molecule has 1 aliphatic rings. The van der Waals surface area contributed by atoms with Crippen LogP contribution in [-0.4, -0.2) is 17.4 Å². The van der Waals surface area contributed by atoms with Gasteiger partial charge in [-0.3, -0.25) is 4.79 Å². The van der Waals surface area contributed by atoms with E-state index in [1.807, 2.05) is 0 Å². The van der Waals surface area contributed by atoms with Crippen molar-refractivity contribution in [3.8, 4) is 0 Å². The highest BCUT2D eigenvalue weighted by Crippen LogP contribution is 2.30. The van der Waals surface area contributed by atoms with Crippen LogP contribution < -0.4 is 5.32 Å². The second kappa shape index (κ2) is 7.41. The molecule has 1 fully saturated rings. The third-order valence-corrected chi connectivity index (χ3v) is 4.88. The van der Waals surface area contributed by atoms with Crippen molar-refractivity contribution in [2.45, 2.75) is 39.0 Å². The van der Waals surface area contributed by atoms with Crippen LogP contribution in [0.4, 0.5) is 0 Å². The Morgan fingerprint density at radius 3 is 2.70 bits per heavy atom. The molecular formula is C15H20BrClN2O. The number of carbonyl (C=O) groups is 1. The molecule has 1 aromatic heterocycles. The van der Waals surface area contributed by atoms with E-state index in [0.717, 1.165) is 16.9 Å². The fraction of sp³-hybridized carbons (Fsp3) is 0.600. The summed E-state index contributed by atoms with van der Waals surface area (Å²) >= 11 is 9.26. The van der Waals surface area contributed by atoms with E-state index >= 15 is 0 Å². The molecule has 1 aromatic rings. The number of pyridine rings is 1. The van der Waals surface area contributed by atoms with Crippen LogP contribution in [0.5, 0.6) is 0 Å². The van der Waals surface area contributed by atoms with Gasteiger partial charge < -0.3 is 5.32 Å². The number of amides is 1. The molecule has 1 saturated carbocycles. The Morgan fingerprint density at radius 1 is 1.40 bits per heavy atom. The number of aromatic nitrogens is 1. The predicted octanol–water partition coefficient (Wildman–Crippen LogP) is 4.44. The zero-order valence-electron chi connectivity index (χ0n) is 11.7. The Balaban J connectivity index is 1.85. The molecule has 1 heterocycles. The van der Waals surface area contributed by atoms with E-state index in [2.05, 4.69) is 33.2 Å². The first-order valence-corrected chi connectivity index (χ1v) is 8.36. The second-order valence-corrected chi connectivity index (χ2v) is 6.77. The van der Waals surface area contributed by atoms with Gasteiger partial charge in [0.05, 0.1) is 5.56 Å². The quantitative estimate of drug-likeness (QED) is 0.807. The van der Waals surface area contributed by atoms with Gasteiger partial charge in [0.2, 0.25) is 0 Å². The van der Waals surface area contributed by atoms with Crippen molar-refractivity contribution in [3.05, 3.63) is 27.5 Å². The lowest BCUT2D eigenvalue weighted by Crippen LogP contribution is -2.31. The highest BCUT2D eigenvalue weighted by Gasteiger charge is 2.21. The van der Waals surface area contributed by atoms with Crippen LogP contribution >= 0.6 is 27.5 Å². The summed E-state index contributed by atoms with van der Waals surface area (Å²) in [6.45, 7) is 2.99. The van der Waals surface area contributed by atoms with Crippen molar-refractivity contribution in [2.24, 2.45) is 11.8 Å². The molecule has 1 amide bonds. The second-order valence-electron chi connectivity index (χ2n) is 5.50. The topological polar surface area (TPSA) is 42.0 Å². The van der Waals surface area contributed by atoms with Crippen molar-refractivity contribution in [2.75, 3.05) is 6.54 Å². The fourth-order valence-corrected chi connectivity index (χ4v) is 3.28. The summed E-state index contributed by atoms with van der Waals surface area (Å²) in [5, 5.41) is 3.24. The maximum atomic E-state index is 12.1.